The van der Waals surface area contributed by atoms with Gasteiger partial charge >= 0.3 is 5.97 Å². The van der Waals surface area contributed by atoms with Gasteiger partial charge in [0.25, 0.3) is 5.24 Å². The Balaban J connectivity index is 1.91. The van der Waals surface area contributed by atoms with Crippen molar-refractivity contribution >= 4 is 52.4 Å². The summed E-state index contributed by atoms with van der Waals surface area (Å²) in [5, 5.41) is 25.9. The molecule has 0 aromatic rings. The second-order valence-corrected chi connectivity index (χ2v) is 7.31. The molecule has 0 saturated carbocycles. The first-order chi connectivity index (χ1) is 10.9. The summed E-state index contributed by atoms with van der Waals surface area (Å²) in [4.78, 5) is 40.1. The summed E-state index contributed by atoms with van der Waals surface area (Å²) in [6.07, 6.45) is -1.24. The number of hydrogen-bond donors (Lipinski definition) is 4. The number of carbonyl (C=O) groups excluding carboxylic acids is 2. The maximum Gasteiger partial charge on any atom is 0.304 e. The largest absolute Gasteiger partial charge is 0.481 e. The van der Waals surface area contributed by atoms with Crippen LogP contribution in [0.4, 0.5) is 4.79 Å². The first-order valence-corrected chi connectivity index (χ1v) is 8.34. The number of fused-ring (bicyclic) bond motifs is 1. The number of carboxylic acids is 1. The highest BCUT2D eigenvalue weighted by atomic mass is 32.2. The van der Waals surface area contributed by atoms with Crippen LogP contribution in [0, 0.1) is 5.41 Å². The van der Waals surface area contributed by atoms with Crippen LogP contribution in [-0.4, -0.2) is 72.8 Å². The fourth-order valence-corrected chi connectivity index (χ4v) is 4.61. The van der Waals surface area contributed by atoms with Crippen LogP contribution in [0.25, 0.3) is 0 Å². The zero-order chi connectivity index (χ0) is 16.7. The van der Waals surface area contributed by atoms with E-state index in [0.717, 1.165) is 28.4 Å². The Morgan fingerprint density at radius 2 is 2.22 bits per heavy atom. The van der Waals surface area contributed by atoms with Crippen LogP contribution < -0.4 is 5.32 Å². The molecule has 0 aliphatic carbocycles. The number of nitrogens with one attached hydrogen (secondary N) is 2. The van der Waals surface area contributed by atoms with Crippen LogP contribution >= 0.6 is 23.5 Å². The van der Waals surface area contributed by atoms with Crippen molar-refractivity contribution in [2.24, 2.45) is 4.99 Å². The van der Waals surface area contributed by atoms with Gasteiger partial charge in [0, 0.05) is 0 Å². The fraction of sp³-hybridized carbons (Fsp3) is 0.545. The molecule has 3 heterocycles. The van der Waals surface area contributed by atoms with Crippen molar-refractivity contribution in [3.63, 3.8) is 0 Å². The molecular weight excluding hydrogens is 348 g/mol. The standard InChI is InChI=1S/C11H12N4O6S2/c12-10-13-7-6(8(19)14-10)23-11(20)15(7)9-3(1-4(17)18)22-5(2-16)21-9/h3,5-6,9,16H,1-2H2,(H,17,18)(H2,12,14,19). The number of guanidine groups is 1. The number of ether oxygens (including phenoxy) is 1. The van der Waals surface area contributed by atoms with Gasteiger partial charge in [-0.15, -0.1) is 11.8 Å². The number of nitrogens with zero attached hydrogens (tertiary/aromatic N) is 2. The molecule has 0 aromatic carbocycles. The molecule has 2 fully saturated rings. The van der Waals surface area contributed by atoms with Crippen LogP contribution in [0.5, 0.6) is 0 Å². The summed E-state index contributed by atoms with van der Waals surface area (Å²) in [6, 6.07) is 0. The lowest BCUT2D eigenvalue weighted by Gasteiger charge is -2.28. The molecule has 12 heteroatoms. The summed E-state index contributed by atoms with van der Waals surface area (Å²) in [6.45, 7) is -0.335. The molecule has 10 nitrogen and oxygen atoms in total. The van der Waals surface area contributed by atoms with Crippen LogP contribution in [0.2, 0.25) is 0 Å². The number of aliphatic hydroxyl groups excluding tert-OH is 1. The zero-order valence-electron chi connectivity index (χ0n) is 11.5. The van der Waals surface area contributed by atoms with E-state index < -0.39 is 39.3 Å². The van der Waals surface area contributed by atoms with Crippen LogP contribution in [0.1, 0.15) is 6.42 Å². The third kappa shape index (κ3) is 2.94. The average molecular weight is 360 g/mol. The Kier molecular flexibility index (Phi) is 4.31. The number of aliphatic hydroxyl groups is 1. The van der Waals surface area contributed by atoms with Gasteiger partial charge in [-0.05, 0) is 11.8 Å². The third-order valence-electron chi connectivity index (χ3n) is 3.32. The van der Waals surface area contributed by atoms with E-state index in [4.69, 9.17) is 15.3 Å². The lowest BCUT2D eigenvalue weighted by molar-refractivity contribution is -0.138. The summed E-state index contributed by atoms with van der Waals surface area (Å²) in [5.41, 5.74) is -0.668. The molecule has 3 aliphatic heterocycles. The van der Waals surface area contributed by atoms with Gasteiger partial charge in [-0.25, -0.2) is 0 Å². The number of carboxylic acid groups (broad SMARTS) is 1. The number of carbonyl (C=O) groups is 3. The number of amidine groups is 1. The second-order valence-electron chi connectivity index (χ2n) is 4.85. The highest BCUT2D eigenvalue weighted by Gasteiger charge is 2.52. The second kappa shape index (κ2) is 6.11. The van der Waals surface area contributed by atoms with Crippen molar-refractivity contribution in [2.45, 2.75) is 28.6 Å². The molecule has 0 spiro atoms. The SMILES string of the molecule is N=C1N=C2C(SC(=O)N2C2OC(CO)SC2CC(=O)O)C(=O)N1. The number of amides is 2. The summed E-state index contributed by atoms with van der Waals surface area (Å²) in [5.74, 6) is -1.92. The van der Waals surface area contributed by atoms with Crippen molar-refractivity contribution in [3.8, 4) is 0 Å². The molecule has 0 bridgehead atoms. The Hall–Kier alpha value is -1.63. The van der Waals surface area contributed by atoms with Crippen molar-refractivity contribution in [3.05, 3.63) is 0 Å². The molecule has 124 valence electrons. The third-order valence-corrected chi connectivity index (χ3v) is 5.69. The Labute approximate surface area is 138 Å². The van der Waals surface area contributed by atoms with Gasteiger partial charge in [-0.1, -0.05) is 0 Å². The van der Waals surface area contributed by atoms with Gasteiger partial charge < -0.3 is 14.9 Å². The van der Waals surface area contributed by atoms with Crippen LogP contribution in [0.15, 0.2) is 4.99 Å². The van der Waals surface area contributed by atoms with E-state index in [1.54, 1.807) is 0 Å². The topological polar surface area (TPSA) is 152 Å². The average Bonchev–Trinajstić information content (AvgIpc) is 2.99. The normalized spacial score (nSPS) is 33.5. The molecule has 3 aliphatic rings. The molecule has 4 atom stereocenters. The highest BCUT2D eigenvalue weighted by Crippen LogP contribution is 2.41. The van der Waals surface area contributed by atoms with Crippen molar-refractivity contribution < 1.29 is 29.3 Å². The van der Waals surface area contributed by atoms with Gasteiger partial charge in [0.1, 0.15) is 11.3 Å². The minimum absolute atomic E-state index is 0.0633. The number of thioether (sulfide) groups is 2. The van der Waals surface area contributed by atoms with Crippen molar-refractivity contribution in [1.82, 2.24) is 10.2 Å². The summed E-state index contributed by atoms with van der Waals surface area (Å²) >= 11 is 1.84. The smallest absolute Gasteiger partial charge is 0.304 e. The van der Waals surface area contributed by atoms with E-state index in [-0.39, 0.29) is 24.8 Å². The zero-order valence-corrected chi connectivity index (χ0v) is 13.1. The van der Waals surface area contributed by atoms with E-state index in [0.29, 0.717) is 0 Å². The van der Waals surface area contributed by atoms with Crippen LogP contribution in [0.3, 0.4) is 0 Å². The highest BCUT2D eigenvalue weighted by molar-refractivity contribution is 8.16. The predicted molar refractivity (Wildman–Crippen MR) is 81.3 cm³/mol. The molecule has 2 saturated heterocycles. The molecule has 4 unspecified atom stereocenters. The minimum Gasteiger partial charge on any atom is -0.481 e. The van der Waals surface area contributed by atoms with E-state index in [1.807, 2.05) is 0 Å². The number of hydrogen-bond acceptors (Lipinski definition) is 8. The lowest BCUT2D eigenvalue weighted by atomic mass is 10.2. The molecule has 3 rings (SSSR count). The van der Waals surface area contributed by atoms with E-state index >= 15 is 0 Å². The maximum atomic E-state index is 12.3. The van der Waals surface area contributed by atoms with E-state index in [9.17, 15) is 19.5 Å². The van der Waals surface area contributed by atoms with Gasteiger partial charge in [0.2, 0.25) is 11.9 Å². The van der Waals surface area contributed by atoms with E-state index in [2.05, 4.69) is 10.3 Å². The quantitative estimate of drug-likeness (QED) is 0.510. The lowest BCUT2D eigenvalue weighted by Crippen LogP contribution is -2.52. The summed E-state index contributed by atoms with van der Waals surface area (Å²) in [7, 11) is 0. The van der Waals surface area contributed by atoms with Gasteiger partial charge in [-0.2, -0.15) is 4.99 Å². The Morgan fingerprint density at radius 1 is 1.48 bits per heavy atom. The monoisotopic (exact) mass is 360 g/mol. The molecule has 2 amide bonds. The first-order valence-electron chi connectivity index (χ1n) is 6.52. The Bertz CT molecular complexity index is 626. The molecule has 4 N–H and O–H groups in total. The summed E-state index contributed by atoms with van der Waals surface area (Å²) < 4.78 is 5.56. The van der Waals surface area contributed by atoms with Gasteiger partial charge in [0.15, 0.2) is 11.5 Å². The molecule has 23 heavy (non-hydrogen) atoms. The maximum absolute atomic E-state index is 12.3. The molecule has 0 aromatic heterocycles. The predicted octanol–water partition coefficient (Wildman–Crippen LogP) is -0.762. The van der Waals surface area contributed by atoms with Crippen molar-refractivity contribution in [2.75, 3.05) is 6.61 Å². The van der Waals surface area contributed by atoms with Gasteiger partial charge in [-0.3, -0.25) is 30.0 Å². The minimum atomic E-state index is -1.07. The first kappa shape index (κ1) is 16.2. The molecule has 0 radical (unpaired) electrons. The fourth-order valence-electron chi connectivity index (χ4n) is 2.44. The van der Waals surface area contributed by atoms with Crippen LogP contribution in [-0.2, 0) is 14.3 Å². The number of aliphatic carboxylic acids is 1. The van der Waals surface area contributed by atoms with Gasteiger partial charge in [0.05, 0.1) is 18.3 Å². The molecular formula is C11H12N4O6S2. The number of aliphatic imine (C=N–C) groups is 1. The Morgan fingerprint density at radius 3 is 2.87 bits per heavy atom. The number of rotatable bonds is 4. The van der Waals surface area contributed by atoms with Crippen molar-refractivity contribution in [1.29, 1.82) is 5.41 Å². The van der Waals surface area contributed by atoms with E-state index in [1.165, 1.54) is 0 Å².